The fraction of sp³-hybridized carbons (Fsp3) is 0.611. The Morgan fingerprint density at radius 2 is 2.17 bits per heavy atom. The van der Waals surface area contributed by atoms with Crippen LogP contribution in [0.5, 0.6) is 0 Å². The van der Waals surface area contributed by atoms with Gasteiger partial charge in [0.1, 0.15) is 0 Å². The predicted octanol–water partition coefficient (Wildman–Crippen LogP) is 2.51. The number of carbonyl (C=O) groups is 1. The zero-order valence-corrected chi connectivity index (χ0v) is 14.5. The van der Waals surface area contributed by atoms with E-state index >= 15 is 0 Å². The maximum Gasteiger partial charge on any atom is 0.317 e. The van der Waals surface area contributed by atoms with Crippen molar-refractivity contribution in [3.8, 4) is 0 Å². The van der Waals surface area contributed by atoms with Crippen LogP contribution in [0.15, 0.2) is 18.2 Å². The van der Waals surface area contributed by atoms with Crippen LogP contribution in [-0.4, -0.2) is 49.3 Å². The number of aliphatic hydroxyl groups excluding tert-OH is 1. The van der Waals surface area contributed by atoms with Crippen LogP contribution in [0.25, 0.3) is 0 Å². The van der Waals surface area contributed by atoms with Crippen molar-refractivity contribution < 1.29 is 9.90 Å². The molecule has 5 heteroatoms. The van der Waals surface area contributed by atoms with Gasteiger partial charge in [0, 0.05) is 45.5 Å². The second-order valence-corrected chi connectivity index (χ2v) is 6.52. The molecule has 1 aromatic carbocycles. The normalized spacial score (nSPS) is 17.9. The van der Waals surface area contributed by atoms with Gasteiger partial charge in [0.25, 0.3) is 0 Å². The van der Waals surface area contributed by atoms with Crippen molar-refractivity contribution in [2.24, 2.45) is 0 Å². The topological polar surface area (TPSA) is 55.8 Å². The van der Waals surface area contributed by atoms with Crippen LogP contribution < -0.4 is 10.2 Å². The van der Waals surface area contributed by atoms with Gasteiger partial charge in [-0.2, -0.15) is 0 Å². The van der Waals surface area contributed by atoms with Gasteiger partial charge < -0.3 is 20.2 Å². The molecule has 1 atom stereocenters. The number of piperidine rings is 1. The molecular weight excluding hydrogens is 290 g/mol. The molecule has 2 N–H and O–H groups in total. The summed E-state index contributed by atoms with van der Waals surface area (Å²) in [4.78, 5) is 16.4. The van der Waals surface area contributed by atoms with Gasteiger partial charge in [0.15, 0.2) is 0 Å². The Kier molecular flexibility index (Phi) is 6.28. The molecule has 1 fully saturated rings. The van der Waals surface area contributed by atoms with Crippen LogP contribution in [0, 0.1) is 6.92 Å². The SMILES string of the molecule is Cc1cc(N(C)C)ccc1CNC(=O)N1CCCCC1CCO. The van der Waals surface area contributed by atoms with E-state index in [1.54, 1.807) is 0 Å². The number of nitrogens with zero attached hydrogens (tertiary/aromatic N) is 2. The van der Waals surface area contributed by atoms with Crippen LogP contribution >= 0.6 is 0 Å². The molecule has 1 aromatic rings. The zero-order chi connectivity index (χ0) is 16.8. The molecule has 1 unspecified atom stereocenters. The highest BCUT2D eigenvalue weighted by Crippen LogP contribution is 2.20. The van der Waals surface area contributed by atoms with E-state index in [1.165, 1.54) is 5.56 Å². The molecule has 0 spiro atoms. The van der Waals surface area contributed by atoms with Crippen molar-refractivity contribution in [3.05, 3.63) is 29.3 Å². The highest BCUT2D eigenvalue weighted by molar-refractivity contribution is 5.74. The molecule has 128 valence electrons. The van der Waals surface area contributed by atoms with Gasteiger partial charge in [-0.3, -0.25) is 0 Å². The number of rotatable bonds is 5. The Morgan fingerprint density at radius 1 is 1.39 bits per heavy atom. The van der Waals surface area contributed by atoms with E-state index in [4.69, 9.17) is 0 Å². The van der Waals surface area contributed by atoms with Crippen LogP contribution in [-0.2, 0) is 6.54 Å². The molecule has 2 amide bonds. The number of aliphatic hydroxyl groups is 1. The molecule has 0 radical (unpaired) electrons. The maximum absolute atomic E-state index is 12.5. The summed E-state index contributed by atoms with van der Waals surface area (Å²) in [5, 5.41) is 12.2. The largest absolute Gasteiger partial charge is 0.396 e. The van der Waals surface area contributed by atoms with Gasteiger partial charge >= 0.3 is 6.03 Å². The van der Waals surface area contributed by atoms with Gasteiger partial charge in [0.2, 0.25) is 0 Å². The lowest BCUT2D eigenvalue weighted by molar-refractivity contribution is 0.131. The van der Waals surface area contributed by atoms with Gasteiger partial charge in [-0.25, -0.2) is 4.79 Å². The number of urea groups is 1. The van der Waals surface area contributed by atoms with E-state index in [1.807, 2.05) is 19.0 Å². The summed E-state index contributed by atoms with van der Waals surface area (Å²) in [7, 11) is 4.04. The van der Waals surface area contributed by atoms with E-state index < -0.39 is 0 Å². The molecule has 23 heavy (non-hydrogen) atoms. The number of hydrogen-bond acceptors (Lipinski definition) is 3. The van der Waals surface area contributed by atoms with Gasteiger partial charge in [-0.15, -0.1) is 0 Å². The van der Waals surface area contributed by atoms with Crippen molar-refractivity contribution in [2.45, 2.75) is 45.2 Å². The number of likely N-dealkylation sites (tertiary alicyclic amines) is 1. The van der Waals surface area contributed by atoms with Crippen molar-refractivity contribution in [1.82, 2.24) is 10.2 Å². The third-order valence-corrected chi connectivity index (χ3v) is 4.62. The standard InChI is InChI=1S/C18H29N3O2/c1-14-12-17(20(2)3)8-7-15(14)13-19-18(23)21-10-5-4-6-16(21)9-11-22/h7-8,12,16,22H,4-6,9-11,13H2,1-3H3,(H,19,23). The first kappa shape index (κ1) is 17.6. The van der Waals surface area contributed by atoms with Crippen molar-refractivity contribution in [3.63, 3.8) is 0 Å². The zero-order valence-electron chi connectivity index (χ0n) is 14.5. The first-order valence-electron chi connectivity index (χ1n) is 8.45. The van der Waals surface area contributed by atoms with E-state index in [2.05, 4.69) is 35.3 Å². The Bertz CT molecular complexity index is 529. The van der Waals surface area contributed by atoms with Crippen LogP contribution in [0.1, 0.15) is 36.8 Å². The molecule has 5 nitrogen and oxygen atoms in total. The Labute approximate surface area is 139 Å². The fourth-order valence-corrected chi connectivity index (χ4v) is 3.15. The predicted molar refractivity (Wildman–Crippen MR) is 93.8 cm³/mol. The third-order valence-electron chi connectivity index (χ3n) is 4.62. The van der Waals surface area contributed by atoms with Crippen molar-refractivity contribution in [2.75, 3.05) is 32.1 Å². The average molecular weight is 319 g/mol. The van der Waals surface area contributed by atoms with E-state index in [-0.39, 0.29) is 18.7 Å². The summed E-state index contributed by atoms with van der Waals surface area (Å²) < 4.78 is 0. The van der Waals surface area contributed by atoms with Crippen molar-refractivity contribution >= 4 is 11.7 Å². The van der Waals surface area contributed by atoms with Crippen molar-refractivity contribution in [1.29, 1.82) is 0 Å². The number of aryl methyl sites for hydroxylation is 1. The fourth-order valence-electron chi connectivity index (χ4n) is 3.15. The second-order valence-electron chi connectivity index (χ2n) is 6.52. The lowest BCUT2D eigenvalue weighted by Crippen LogP contribution is -2.48. The van der Waals surface area contributed by atoms with Gasteiger partial charge in [0.05, 0.1) is 0 Å². The summed E-state index contributed by atoms with van der Waals surface area (Å²) >= 11 is 0. The Balaban J connectivity index is 1.95. The molecule has 1 saturated heterocycles. The van der Waals surface area contributed by atoms with E-state index in [9.17, 15) is 9.90 Å². The highest BCUT2D eigenvalue weighted by atomic mass is 16.3. The number of benzene rings is 1. The molecule has 1 heterocycles. The molecular formula is C18H29N3O2. The molecule has 0 aromatic heterocycles. The highest BCUT2D eigenvalue weighted by Gasteiger charge is 2.25. The smallest absolute Gasteiger partial charge is 0.317 e. The number of hydrogen-bond donors (Lipinski definition) is 2. The lowest BCUT2D eigenvalue weighted by atomic mass is 10.00. The Hall–Kier alpha value is -1.75. The quantitative estimate of drug-likeness (QED) is 0.877. The third kappa shape index (κ3) is 4.61. The second kappa shape index (κ2) is 8.20. The molecule has 1 aliphatic heterocycles. The van der Waals surface area contributed by atoms with Gasteiger partial charge in [-0.1, -0.05) is 6.07 Å². The minimum Gasteiger partial charge on any atom is -0.396 e. The summed E-state index contributed by atoms with van der Waals surface area (Å²) in [5.74, 6) is 0. The summed E-state index contributed by atoms with van der Waals surface area (Å²) in [5.41, 5.74) is 3.48. The first-order valence-corrected chi connectivity index (χ1v) is 8.45. The molecule has 0 saturated carbocycles. The van der Waals surface area contributed by atoms with Crippen LogP contribution in [0.3, 0.4) is 0 Å². The Morgan fingerprint density at radius 3 is 2.83 bits per heavy atom. The van der Waals surface area contributed by atoms with E-state index in [0.717, 1.165) is 37.1 Å². The molecule has 2 rings (SSSR count). The minimum atomic E-state index is -0.0146. The summed E-state index contributed by atoms with van der Waals surface area (Å²) in [6.07, 6.45) is 3.85. The van der Waals surface area contributed by atoms with Crippen LogP contribution in [0.2, 0.25) is 0 Å². The number of anilines is 1. The molecule has 0 aliphatic carbocycles. The average Bonchev–Trinajstić information content (AvgIpc) is 2.54. The monoisotopic (exact) mass is 319 g/mol. The van der Waals surface area contributed by atoms with E-state index in [0.29, 0.717) is 13.0 Å². The molecule has 1 aliphatic rings. The lowest BCUT2D eigenvalue weighted by Gasteiger charge is -2.35. The first-order chi connectivity index (χ1) is 11.0. The maximum atomic E-state index is 12.5. The number of nitrogens with one attached hydrogen (secondary N) is 1. The summed E-state index contributed by atoms with van der Waals surface area (Å²) in [6.45, 7) is 3.54. The minimum absolute atomic E-state index is 0.0146. The van der Waals surface area contributed by atoms with Crippen LogP contribution in [0.4, 0.5) is 10.5 Å². The number of amides is 2. The molecule has 0 bridgehead atoms. The number of carbonyl (C=O) groups excluding carboxylic acids is 1. The summed E-state index contributed by atoms with van der Waals surface area (Å²) in [6, 6.07) is 6.44. The van der Waals surface area contributed by atoms with Gasteiger partial charge in [-0.05, 0) is 55.9 Å².